The van der Waals surface area contributed by atoms with Crippen LogP contribution in [0.5, 0.6) is 6.01 Å². The summed E-state index contributed by atoms with van der Waals surface area (Å²) in [5.41, 5.74) is 0. The van der Waals surface area contributed by atoms with E-state index < -0.39 is 0 Å². The van der Waals surface area contributed by atoms with Gasteiger partial charge in [-0.2, -0.15) is 20.2 Å². The van der Waals surface area contributed by atoms with E-state index in [9.17, 15) is 0 Å². The average Bonchev–Trinajstić information content (AvgIpc) is 2.38. The topological polar surface area (TPSA) is 87.0 Å². The van der Waals surface area contributed by atoms with Crippen LogP contribution >= 0.6 is 0 Å². The van der Waals surface area contributed by atoms with Crippen molar-refractivity contribution in [2.24, 2.45) is 5.92 Å². The molecular formula is C11H18N6O. The van der Waals surface area contributed by atoms with E-state index in [2.05, 4.69) is 26.3 Å². The smallest absolute Gasteiger partial charge is 0.323 e. The molecule has 7 nitrogen and oxygen atoms in total. The molecule has 1 heterocycles. The van der Waals surface area contributed by atoms with Gasteiger partial charge in [0.25, 0.3) is 0 Å². The highest BCUT2D eigenvalue weighted by atomic mass is 16.5. The lowest BCUT2D eigenvalue weighted by Crippen LogP contribution is -2.25. The maximum atomic E-state index is 8.80. The molecule has 98 valence electrons. The Bertz CT molecular complexity index is 430. The number of nitrogens with one attached hydrogen (secondary N) is 1. The van der Waals surface area contributed by atoms with E-state index in [4.69, 9.17) is 10.00 Å². The molecule has 0 amide bonds. The Kier molecular flexibility index (Phi) is 5.11. The van der Waals surface area contributed by atoms with E-state index >= 15 is 0 Å². The monoisotopic (exact) mass is 250 g/mol. The number of aromatic nitrogens is 3. The number of nitriles is 1. The van der Waals surface area contributed by atoms with Crippen LogP contribution in [0.2, 0.25) is 0 Å². The lowest BCUT2D eigenvalue weighted by atomic mass is 10.2. The van der Waals surface area contributed by atoms with E-state index in [-0.39, 0.29) is 11.9 Å². The average molecular weight is 250 g/mol. The van der Waals surface area contributed by atoms with Gasteiger partial charge in [-0.15, -0.1) is 0 Å². The molecule has 0 radical (unpaired) electrons. The summed E-state index contributed by atoms with van der Waals surface area (Å²) in [6, 6.07) is 2.46. The second-order valence-electron chi connectivity index (χ2n) is 3.84. The van der Waals surface area contributed by atoms with Crippen molar-refractivity contribution in [1.29, 1.82) is 5.26 Å². The predicted molar refractivity (Wildman–Crippen MR) is 68.6 cm³/mol. The van der Waals surface area contributed by atoms with Crippen LogP contribution < -0.4 is 15.0 Å². The zero-order valence-electron chi connectivity index (χ0n) is 11.1. The van der Waals surface area contributed by atoms with Crippen molar-refractivity contribution in [2.45, 2.75) is 13.8 Å². The summed E-state index contributed by atoms with van der Waals surface area (Å²) in [6.45, 7) is 4.75. The molecule has 1 aromatic rings. The van der Waals surface area contributed by atoms with E-state index in [1.165, 1.54) is 0 Å². The molecule has 7 heteroatoms. The highest BCUT2D eigenvalue weighted by Crippen LogP contribution is 2.14. The minimum Gasteiger partial charge on any atom is -0.464 e. The van der Waals surface area contributed by atoms with E-state index in [0.717, 1.165) is 0 Å². The Balaban J connectivity index is 2.93. The van der Waals surface area contributed by atoms with Crippen molar-refractivity contribution in [3.05, 3.63) is 0 Å². The van der Waals surface area contributed by atoms with Crippen molar-refractivity contribution in [1.82, 2.24) is 15.0 Å². The Morgan fingerprint density at radius 2 is 2.17 bits per heavy atom. The second-order valence-corrected chi connectivity index (χ2v) is 3.84. The predicted octanol–water partition coefficient (Wildman–Crippen LogP) is 0.908. The molecule has 1 unspecified atom stereocenters. The number of anilines is 2. The van der Waals surface area contributed by atoms with Gasteiger partial charge >= 0.3 is 6.01 Å². The molecule has 1 aromatic heterocycles. The summed E-state index contributed by atoms with van der Waals surface area (Å²) in [7, 11) is 3.56. The summed E-state index contributed by atoms with van der Waals surface area (Å²) in [5.74, 6) is 0.833. The first-order valence-electron chi connectivity index (χ1n) is 5.78. The molecule has 1 N–H and O–H groups in total. The summed E-state index contributed by atoms with van der Waals surface area (Å²) >= 11 is 0. The quantitative estimate of drug-likeness (QED) is 0.802. The molecule has 0 bridgehead atoms. The van der Waals surface area contributed by atoms with Gasteiger partial charge in [-0.05, 0) is 13.8 Å². The third kappa shape index (κ3) is 3.73. The van der Waals surface area contributed by atoms with Gasteiger partial charge in [0.2, 0.25) is 11.9 Å². The number of nitrogens with zero attached hydrogens (tertiary/aromatic N) is 5. The Labute approximate surface area is 107 Å². The van der Waals surface area contributed by atoms with Crippen molar-refractivity contribution in [2.75, 3.05) is 37.5 Å². The normalized spacial score (nSPS) is 11.5. The highest BCUT2D eigenvalue weighted by Gasteiger charge is 2.12. The van der Waals surface area contributed by atoms with Crippen molar-refractivity contribution < 1.29 is 4.74 Å². The number of hydrogen-bond donors (Lipinski definition) is 1. The lowest BCUT2D eigenvalue weighted by molar-refractivity contribution is 0.312. The Morgan fingerprint density at radius 1 is 1.44 bits per heavy atom. The van der Waals surface area contributed by atoms with Gasteiger partial charge in [-0.3, -0.25) is 0 Å². The summed E-state index contributed by atoms with van der Waals surface area (Å²) in [6.07, 6.45) is 0. The molecule has 0 saturated carbocycles. The SMILES string of the molecule is CCOc1nc(NC)nc(N(C)CC(C)C#N)n1. The van der Waals surface area contributed by atoms with Crippen LogP contribution in [0.25, 0.3) is 0 Å². The number of rotatable bonds is 6. The second kappa shape index (κ2) is 6.59. The summed E-state index contributed by atoms with van der Waals surface area (Å²) in [5, 5.41) is 11.7. The number of ether oxygens (including phenoxy) is 1. The summed E-state index contributed by atoms with van der Waals surface area (Å²) in [4.78, 5) is 14.3. The Morgan fingerprint density at radius 3 is 2.72 bits per heavy atom. The maximum absolute atomic E-state index is 8.80. The van der Waals surface area contributed by atoms with Crippen LogP contribution in [-0.4, -0.2) is 42.2 Å². The van der Waals surface area contributed by atoms with Crippen molar-refractivity contribution >= 4 is 11.9 Å². The standard InChI is InChI=1S/C11H18N6O/c1-5-18-11-15-9(13-3)14-10(16-11)17(4)7-8(2)6-12/h8H,5,7H2,1-4H3,(H,13,14,15,16). The molecule has 0 aliphatic rings. The van der Waals surface area contributed by atoms with Crippen LogP contribution in [0.3, 0.4) is 0 Å². The lowest BCUT2D eigenvalue weighted by Gasteiger charge is -2.18. The fourth-order valence-corrected chi connectivity index (χ4v) is 1.36. The number of hydrogen-bond acceptors (Lipinski definition) is 7. The largest absolute Gasteiger partial charge is 0.464 e. The van der Waals surface area contributed by atoms with Gasteiger partial charge < -0.3 is 15.0 Å². The van der Waals surface area contributed by atoms with Gasteiger partial charge in [-0.25, -0.2) is 0 Å². The molecule has 0 fully saturated rings. The molecule has 1 atom stereocenters. The van der Waals surface area contributed by atoms with Crippen molar-refractivity contribution in [3.63, 3.8) is 0 Å². The molecule has 18 heavy (non-hydrogen) atoms. The first-order chi connectivity index (χ1) is 8.60. The van der Waals surface area contributed by atoms with Gasteiger partial charge in [0.05, 0.1) is 18.6 Å². The summed E-state index contributed by atoms with van der Waals surface area (Å²) < 4.78 is 5.28. The fraction of sp³-hybridized carbons (Fsp3) is 0.636. The molecule has 1 rings (SSSR count). The van der Waals surface area contributed by atoms with E-state index in [1.807, 2.05) is 20.9 Å². The van der Waals surface area contributed by atoms with Crippen molar-refractivity contribution in [3.8, 4) is 12.1 Å². The van der Waals surface area contributed by atoms with Crippen LogP contribution in [0, 0.1) is 17.2 Å². The van der Waals surface area contributed by atoms with Crippen LogP contribution in [-0.2, 0) is 0 Å². The van der Waals surface area contributed by atoms with Gasteiger partial charge in [0.1, 0.15) is 0 Å². The van der Waals surface area contributed by atoms with Gasteiger partial charge in [0, 0.05) is 20.6 Å². The van der Waals surface area contributed by atoms with E-state index in [0.29, 0.717) is 25.0 Å². The van der Waals surface area contributed by atoms with Gasteiger partial charge in [0.15, 0.2) is 0 Å². The fourth-order valence-electron chi connectivity index (χ4n) is 1.36. The Hall–Kier alpha value is -2.10. The first kappa shape index (κ1) is 14.0. The highest BCUT2D eigenvalue weighted by molar-refractivity contribution is 5.37. The minimum atomic E-state index is -0.0969. The van der Waals surface area contributed by atoms with Crippen LogP contribution in [0.1, 0.15) is 13.8 Å². The molecule has 0 aliphatic carbocycles. The first-order valence-corrected chi connectivity index (χ1v) is 5.78. The zero-order chi connectivity index (χ0) is 13.5. The third-order valence-corrected chi connectivity index (χ3v) is 2.21. The molecule has 0 aliphatic heterocycles. The molecule has 0 saturated heterocycles. The van der Waals surface area contributed by atoms with Crippen LogP contribution in [0.4, 0.5) is 11.9 Å². The van der Waals surface area contributed by atoms with E-state index in [1.54, 1.807) is 11.9 Å². The van der Waals surface area contributed by atoms with Crippen LogP contribution in [0.15, 0.2) is 0 Å². The minimum absolute atomic E-state index is 0.0969. The molecular weight excluding hydrogens is 232 g/mol. The molecule has 0 spiro atoms. The third-order valence-electron chi connectivity index (χ3n) is 2.21. The molecule has 0 aromatic carbocycles. The maximum Gasteiger partial charge on any atom is 0.323 e. The zero-order valence-corrected chi connectivity index (χ0v) is 11.1. The van der Waals surface area contributed by atoms with Gasteiger partial charge in [-0.1, -0.05) is 0 Å².